The number of hydrogen-bond acceptors (Lipinski definition) is 6. The van der Waals surface area contributed by atoms with Crippen molar-refractivity contribution < 1.29 is 28.6 Å². The third-order valence-corrected chi connectivity index (χ3v) is 5.59. The zero-order valence-corrected chi connectivity index (χ0v) is 17.5. The van der Waals surface area contributed by atoms with Crippen LogP contribution in [0.3, 0.4) is 0 Å². The fourth-order valence-electron chi connectivity index (χ4n) is 3.89. The third kappa shape index (κ3) is 3.06. The van der Waals surface area contributed by atoms with Crippen molar-refractivity contribution in [2.75, 3.05) is 4.90 Å². The molecular formula is C24H16ClNO6. The van der Waals surface area contributed by atoms with E-state index in [1.165, 1.54) is 18.4 Å². The Morgan fingerprint density at radius 2 is 1.91 bits per heavy atom. The van der Waals surface area contributed by atoms with E-state index >= 15 is 0 Å². The summed E-state index contributed by atoms with van der Waals surface area (Å²) in [5.41, 5.74) is 1.14. The van der Waals surface area contributed by atoms with Gasteiger partial charge >= 0.3 is 0 Å². The Hall–Kier alpha value is -3.97. The molecule has 0 saturated heterocycles. The monoisotopic (exact) mass is 449 g/mol. The SMILES string of the molecule is Cc1ccc(O)c(N2C(=O)C(O)=C(C(=O)c3cc4cc(Cl)ccc4o3)C2c2ccco2)c1. The minimum atomic E-state index is -1.10. The topological polar surface area (TPSA) is 104 Å². The van der Waals surface area contributed by atoms with Gasteiger partial charge in [0.1, 0.15) is 23.1 Å². The van der Waals surface area contributed by atoms with Crippen molar-refractivity contribution in [1.29, 1.82) is 0 Å². The first-order valence-corrected chi connectivity index (χ1v) is 10.1. The van der Waals surface area contributed by atoms with Crippen LogP contribution in [0.5, 0.6) is 5.75 Å². The number of carbonyl (C=O) groups is 2. The predicted molar refractivity (Wildman–Crippen MR) is 117 cm³/mol. The molecule has 0 fully saturated rings. The summed E-state index contributed by atoms with van der Waals surface area (Å²) in [5, 5.41) is 22.3. The maximum Gasteiger partial charge on any atom is 0.294 e. The van der Waals surface area contributed by atoms with E-state index in [1.54, 1.807) is 49.4 Å². The number of aryl methyl sites for hydroxylation is 1. The highest BCUT2D eigenvalue weighted by Crippen LogP contribution is 2.45. The molecule has 0 saturated carbocycles. The Labute approximate surface area is 186 Å². The maximum atomic E-state index is 13.5. The van der Waals surface area contributed by atoms with Crippen molar-refractivity contribution in [2.24, 2.45) is 0 Å². The van der Waals surface area contributed by atoms with Crippen LogP contribution in [-0.2, 0) is 4.79 Å². The average molecular weight is 450 g/mol. The second-order valence-electron chi connectivity index (χ2n) is 7.47. The molecule has 0 bridgehead atoms. The van der Waals surface area contributed by atoms with Gasteiger partial charge in [-0.15, -0.1) is 0 Å². The molecule has 0 radical (unpaired) electrons. The second-order valence-corrected chi connectivity index (χ2v) is 7.91. The van der Waals surface area contributed by atoms with E-state index in [1.807, 2.05) is 0 Å². The van der Waals surface area contributed by atoms with Gasteiger partial charge in [-0.05, 0) is 61.0 Å². The molecule has 1 aliphatic heterocycles. The van der Waals surface area contributed by atoms with Crippen molar-refractivity contribution >= 4 is 39.9 Å². The van der Waals surface area contributed by atoms with Gasteiger partial charge in [-0.25, -0.2) is 0 Å². The summed E-state index contributed by atoms with van der Waals surface area (Å²) in [7, 11) is 0. The van der Waals surface area contributed by atoms with E-state index in [4.69, 9.17) is 20.4 Å². The summed E-state index contributed by atoms with van der Waals surface area (Å²) in [6, 6.07) is 13.2. The number of amides is 1. The van der Waals surface area contributed by atoms with Crippen LogP contribution in [0.2, 0.25) is 5.02 Å². The molecule has 2 N–H and O–H groups in total. The number of hydrogen-bond donors (Lipinski definition) is 2. The summed E-state index contributed by atoms with van der Waals surface area (Å²) in [6.45, 7) is 1.80. The zero-order chi connectivity index (χ0) is 22.6. The van der Waals surface area contributed by atoms with Crippen LogP contribution in [0.4, 0.5) is 5.69 Å². The van der Waals surface area contributed by atoms with Crippen LogP contribution in [0.15, 0.2) is 81.0 Å². The molecule has 4 aromatic rings. The number of carbonyl (C=O) groups excluding carboxylic acids is 2. The van der Waals surface area contributed by atoms with E-state index in [-0.39, 0.29) is 28.5 Å². The van der Waals surface area contributed by atoms with E-state index in [2.05, 4.69) is 0 Å². The number of anilines is 1. The van der Waals surface area contributed by atoms with Crippen LogP contribution >= 0.6 is 11.6 Å². The molecule has 2 aromatic heterocycles. The summed E-state index contributed by atoms with van der Waals surface area (Å²) in [6.07, 6.45) is 1.40. The van der Waals surface area contributed by atoms with Gasteiger partial charge in [0, 0.05) is 10.4 Å². The summed E-state index contributed by atoms with van der Waals surface area (Å²) in [4.78, 5) is 27.7. The van der Waals surface area contributed by atoms with Gasteiger partial charge in [-0.2, -0.15) is 0 Å². The summed E-state index contributed by atoms with van der Waals surface area (Å²) in [5.74, 6) is -2.26. The first kappa shape index (κ1) is 20.0. The number of ketones is 1. The molecule has 1 unspecified atom stereocenters. The number of aromatic hydroxyl groups is 1. The van der Waals surface area contributed by atoms with Crippen molar-refractivity contribution in [1.82, 2.24) is 0 Å². The molecule has 2 aromatic carbocycles. The lowest BCUT2D eigenvalue weighted by Crippen LogP contribution is -2.31. The maximum absolute atomic E-state index is 13.5. The number of furan rings is 2. The highest BCUT2D eigenvalue weighted by Gasteiger charge is 2.47. The van der Waals surface area contributed by atoms with E-state index in [9.17, 15) is 19.8 Å². The number of phenolic OH excluding ortho intramolecular Hbond substituents is 1. The first-order chi connectivity index (χ1) is 15.3. The van der Waals surface area contributed by atoms with Gasteiger partial charge in [0.15, 0.2) is 11.5 Å². The Morgan fingerprint density at radius 3 is 2.66 bits per heavy atom. The van der Waals surface area contributed by atoms with Crippen molar-refractivity contribution in [2.45, 2.75) is 13.0 Å². The number of aliphatic hydroxyl groups excluding tert-OH is 1. The zero-order valence-electron chi connectivity index (χ0n) is 16.7. The summed E-state index contributed by atoms with van der Waals surface area (Å²) < 4.78 is 11.2. The van der Waals surface area contributed by atoms with Gasteiger partial charge in [0.05, 0.1) is 17.5 Å². The van der Waals surface area contributed by atoms with Gasteiger partial charge < -0.3 is 19.0 Å². The number of phenols is 1. The Bertz CT molecular complexity index is 1420. The van der Waals surface area contributed by atoms with E-state index in [0.29, 0.717) is 16.0 Å². The lowest BCUT2D eigenvalue weighted by molar-refractivity contribution is -0.117. The number of benzene rings is 2. The minimum absolute atomic E-state index is 0.0662. The van der Waals surface area contributed by atoms with Crippen LogP contribution < -0.4 is 4.90 Å². The van der Waals surface area contributed by atoms with Crippen LogP contribution in [-0.4, -0.2) is 21.9 Å². The minimum Gasteiger partial charge on any atom is -0.506 e. The molecule has 7 nitrogen and oxygen atoms in total. The van der Waals surface area contributed by atoms with Crippen LogP contribution in [0.25, 0.3) is 11.0 Å². The normalized spacial score (nSPS) is 16.4. The van der Waals surface area contributed by atoms with E-state index < -0.39 is 23.5 Å². The predicted octanol–water partition coefficient (Wildman–Crippen LogP) is 5.48. The van der Waals surface area contributed by atoms with Crippen molar-refractivity contribution in [3.8, 4) is 5.75 Å². The first-order valence-electron chi connectivity index (χ1n) is 9.68. The number of aliphatic hydroxyl groups is 1. The van der Waals surface area contributed by atoms with Crippen LogP contribution in [0, 0.1) is 6.92 Å². The summed E-state index contributed by atoms with van der Waals surface area (Å²) >= 11 is 6.02. The molecule has 5 rings (SSSR count). The van der Waals surface area contributed by atoms with Gasteiger partial charge in [0.25, 0.3) is 5.91 Å². The Morgan fingerprint density at radius 1 is 1.09 bits per heavy atom. The number of Topliss-reactive ketones (excluding diaryl/α,β-unsaturated/α-hetero) is 1. The molecule has 8 heteroatoms. The van der Waals surface area contributed by atoms with Gasteiger partial charge in [0.2, 0.25) is 5.78 Å². The molecule has 160 valence electrons. The van der Waals surface area contributed by atoms with Crippen molar-refractivity contribution in [3.05, 3.63) is 94.3 Å². The van der Waals surface area contributed by atoms with E-state index in [0.717, 1.165) is 10.5 Å². The molecule has 3 heterocycles. The molecular weight excluding hydrogens is 434 g/mol. The lowest BCUT2D eigenvalue weighted by atomic mass is 9.99. The quantitative estimate of drug-likeness (QED) is 0.400. The second kappa shape index (κ2) is 7.32. The molecule has 1 atom stereocenters. The average Bonchev–Trinajstić information content (AvgIpc) is 3.48. The Kier molecular flexibility index (Phi) is 4.56. The number of nitrogens with zero attached hydrogens (tertiary/aromatic N) is 1. The van der Waals surface area contributed by atoms with Crippen LogP contribution in [0.1, 0.15) is 27.9 Å². The smallest absolute Gasteiger partial charge is 0.294 e. The van der Waals surface area contributed by atoms with Gasteiger partial charge in [-0.3, -0.25) is 14.5 Å². The fraction of sp³-hybridized carbons (Fsp3) is 0.0833. The third-order valence-electron chi connectivity index (χ3n) is 5.36. The lowest BCUT2D eigenvalue weighted by Gasteiger charge is -2.25. The van der Waals surface area contributed by atoms with Crippen molar-refractivity contribution in [3.63, 3.8) is 0 Å². The molecule has 0 aliphatic carbocycles. The number of halogens is 1. The Balaban J connectivity index is 1.66. The highest BCUT2D eigenvalue weighted by atomic mass is 35.5. The molecule has 32 heavy (non-hydrogen) atoms. The largest absolute Gasteiger partial charge is 0.506 e. The molecule has 0 spiro atoms. The van der Waals surface area contributed by atoms with Gasteiger partial charge in [-0.1, -0.05) is 17.7 Å². The number of fused-ring (bicyclic) bond motifs is 1. The highest BCUT2D eigenvalue weighted by molar-refractivity contribution is 6.31. The molecule has 1 amide bonds. The molecule has 1 aliphatic rings. The fourth-order valence-corrected chi connectivity index (χ4v) is 4.07. The standard InChI is InChI=1S/C24H16ClNO6/c1-12-4-6-16(27)15(9-12)26-21(18-3-2-8-31-18)20(23(29)24(26)30)22(28)19-11-13-10-14(25)5-7-17(13)32-19/h2-11,21,27,29H,1H3. The number of rotatable bonds is 4.